The topological polar surface area (TPSA) is 52.3 Å². The van der Waals surface area contributed by atoms with Crippen LogP contribution in [-0.2, 0) is 6.42 Å². The summed E-state index contributed by atoms with van der Waals surface area (Å²) in [6.07, 6.45) is 5.00. The highest BCUT2D eigenvalue weighted by Gasteiger charge is 2.44. The Kier molecular flexibility index (Phi) is 2.86. The van der Waals surface area contributed by atoms with Gasteiger partial charge < -0.3 is 10.5 Å². The number of hydrogen-bond acceptors (Lipinski definition) is 3. The molecule has 2 aliphatic rings. The summed E-state index contributed by atoms with van der Waals surface area (Å²) >= 11 is 0. The van der Waals surface area contributed by atoms with E-state index >= 15 is 0 Å². The summed E-state index contributed by atoms with van der Waals surface area (Å²) < 4.78 is 5.72. The van der Waals surface area contributed by atoms with Gasteiger partial charge >= 0.3 is 0 Å². The number of hydrogen-bond donors (Lipinski definition) is 1. The first-order valence-electron chi connectivity index (χ1n) is 6.76. The molecule has 1 aliphatic carbocycles. The maximum atomic E-state index is 12.7. The Labute approximate surface area is 107 Å². The molecule has 3 rings (SSSR count). The summed E-state index contributed by atoms with van der Waals surface area (Å²) in [6, 6.07) is 5.91. The number of ketones is 1. The highest BCUT2D eigenvalue weighted by Crippen LogP contribution is 2.44. The zero-order chi connectivity index (χ0) is 12.6. The number of benzene rings is 1. The maximum Gasteiger partial charge on any atom is 0.173 e. The van der Waals surface area contributed by atoms with Gasteiger partial charge in [-0.05, 0) is 37.3 Å². The zero-order valence-corrected chi connectivity index (χ0v) is 10.6. The number of aryl methyl sites for hydroxylation is 1. The average molecular weight is 245 g/mol. The van der Waals surface area contributed by atoms with Crippen molar-refractivity contribution >= 4 is 5.78 Å². The van der Waals surface area contributed by atoms with E-state index in [2.05, 4.69) is 6.07 Å². The molecule has 1 aliphatic heterocycles. The van der Waals surface area contributed by atoms with E-state index in [9.17, 15) is 4.79 Å². The molecule has 3 nitrogen and oxygen atoms in total. The van der Waals surface area contributed by atoms with Gasteiger partial charge in [-0.1, -0.05) is 18.6 Å². The predicted molar refractivity (Wildman–Crippen MR) is 69.9 cm³/mol. The molecule has 0 amide bonds. The molecule has 3 heteroatoms. The normalized spacial score (nSPS) is 20.5. The molecule has 0 unspecified atom stereocenters. The second-order valence-corrected chi connectivity index (χ2v) is 5.41. The highest BCUT2D eigenvalue weighted by atomic mass is 16.5. The van der Waals surface area contributed by atoms with Crippen molar-refractivity contribution in [3.8, 4) is 5.75 Å². The zero-order valence-electron chi connectivity index (χ0n) is 10.6. The van der Waals surface area contributed by atoms with Crippen LogP contribution in [0.15, 0.2) is 18.2 Å². The van der Waals surface area contributed by atoms with Crippen molar-refractivity contribution in [1.82, 2.24) is 0 Å². The fraction of sp³-hybridized carbons (Fsp3) is 0.533. The second-order valence-electron chi connectivity index (χ2n) is 5.41. The van der Waals surface area contributed by atoms with Gasteiger partial charge in [0.25, 0.3) is 0 Å². The van der Waals surface area contributed by atoms with Crippen LogP contribution in [-0.4, -0.2) is 18.9 Å². The minimum absolute atomic E-state index is 0.190. The molecule has 0 bridgehead atoms. The Morgan fingerprint density at radius 3 is 2.83 bits per heavy atom. The summed E-state index contributed by atoms with van der Waals surface area (Å²) in [7, 11) is 0. The number of rotatable bonds is 3. The molecule has 0 spiro atoms. The fourth-order valence-electron chi connectivity index (χ4n) is 2.98. The van der Waals surface area contributed by atoms with Crippen molar-refractivity contribution in [2.75, 3.05) is 13.2 Å². The Morgan fingerprint density at radius 1 is 1.33 bits per heavy atom. The van der Waals surface area contributed by atoms with Crippen LogP contribution in [0.4, 0.5) is 0 Å². The van der Waals surface area contributed by atoms with Gasteiger partial charge in [0.1, 0.15) is 5.75 Å². The van der Waals surface area contributed by atoms with Crippen LogP contribution in [0.5, 0.6) is 5.75 Å². The summed E-state index contributed by atoms with van der Waals surface area (Å²) in [5.41, 5.74) is 7.42. The molecular formula is C15H19NO2. The van der Waals surface area contributed by atoms with Gasteiger partial charge in [0, 0.05) is 12.0 Å². The van der Waals surface area contributed by atoms with Crippen molar-refractivity contribution in [2.24, 2.45) is 11.1 Å². The first kappa shape index (κ1) is 11.7. The van der Waals surface area contributed by atoms with E-state index in [1.807, 2.05) is 12.1 Å². The van der Waals surface area contributed by atoms with E-state index in [0.717, 1.165) is 43.4 Å². The summed E-state index contributed by atoms with van der Waals surface area (Å²) in [5, 5.41) is 0. The van der Waals surface area contributed by atoms with Crippen molar-refractivity contribution in [1.29, 1.82) is 0 Å². The molecule has 0 saturated heterocycles. The Morgan fingerprint density at radius 2 is 2.17 bits per heavy atom. The van der Waals surface area contributed by atoms with Crippen LogP contribution in [0.3, 0.4) is 0 Å². The number of carbonyl (C=O) groups is 1. The number of para-hydroxylation sites is 1. The van der Waals surface area contributed by atoms with Gasteiger partial charge in [-0.15, -0.1) is 0 Å². The summed E-state index contributed by atoms with van der Waals surface area (Å²) in [4.78, 5) is 12.7. The predicted octanol–water partition coefficient (Wildman–Crippen LogP) is 2.32. The lowest BCUT2D eigenvalue weighted by atomic mass is 9.64. The monoisotopic (exact) mass is 245 g/mol. The number of nitrogens with two attached hydrogens (primary N) is 1. The molecule has 1 aromatic rings. The van der Waals surface area contributed by atoms with Gasteiger partial charge in [0.15, 0.2) is 5.78 Å². The minimum Gasteiger partial charge on any atom is -0.493 e. The number of fused-ring (bicyclic) bond motifs is 1. The lowest BCUT2D eigenvalue weighted by molar-refractivity contribution is 0.0630. The van der Waals surface area contributed by atoms with Crippen LogP contribution in [0.1, 0.15) is 41.6 Å². The largest absolute Gasteiger partial charge is 0.493 e. The third-order valence-corrected chi connectivity index (χ3v) is 4.36. The fourth-order valence-corrected chi connectivity index (χ4v) is 2.98. The Hall–Kier alpha value is -1.35. The second kappa shape index (κ2) is 4.39. The third kappa shape index (κ3) is 1.65. The average Bonchev–Trinajstić information content (AvgIpc) is 2.37. The Balaban J connectivity index is 1.99. The third-order valence-electron chi connectivity index (χ3n) is 4.36. The first-order valence-corrected chi connectivity index (χ1v) is 6.76. The molecule has 96 valence electrons. The molecular weight excluding hydrogens is 226 g/mol. The van der Waals surface area contributed by atoms with E-state index in [1.54, 1.807) is 0 Å². The van der Waals surface area contributed by atoms with Crippen molar-refractivity contribution in [3.63, 3.8) is 0 Å². The Bertz CT molecular complexity index is 472. The molecule has 1 saturated carbocycles. The number of ether oxygens (including phenoxy) is 1. The van der Waals surface area contributed by atoms with Crippen LogP contribution >= 0.6 is 0 Å². The molecule has 1 fully saturated rings. The van der Waals surface area contributed by atoms with E-state index in [1.165, 1.54) is 5.56 Å². The first-order chi connectivity index (χ1) is 8.77. The molecule has 1 aromatic carbocycles. The van der Waals surface area contributed by atoms with E-state index in [-0.39, 0.29) is 11.2 Å². The number of Topliss-reactive ketones (excluding diaryl/α,β-unsaturated/α-hetero) is 1. The molecule has 18 heavy (non-hydrogen) atoms. The lowest BCUT2D eigenvalue weighted by Gasteiger charge is -2.39. The van der Waals surface area contributed by atoms with Crippen molar-refractivity contribution in [2.45, 2.75) is 32.1 Å². The minimum atomic E-state index is -0.310. The van der Waals surface area contributed by atoms with Gasteiger partial charge in [-0.3, -0.25) is 4.79 Å². The maximum absolute atomic E-state index is 12.7. The molecule has 0 aromatic heterocycles. The van der Waals surface area contributed by atoms with Gasteiger partial charge in [-0.25, -0.2) is 0 Å². The highest BCUT2D eigenvalue weighted by molar-refractivity contribution is 6.03. The standard InChI is InChI=1S/C15H19NO2/c16-10-15(7-3-8-15)14(17)12-6-1-4-11-5-2-9-18-13(11)12/h1,4,6H,2-3,5,7-10,16H2. The summed E-state index contributed by atoms with van der Waals surface area (Å²) in [5.74, 6) is 1.00. The van der Waals surface area contributed by atoms with Crippen LogP contribution in [0.25, 0.3) is 0 Å². The van der Waals surface area contributed by atoms with Crippen molar-refractivity contribution < 1.29 is 9.53 Å². The SMILES string of the molecule is NCC1(C(=O)c2cccc3c2OCCC3)CCC1. The molecule has 0 radical (unpaired) electrons. The van der Waals surface area contributed by atoms with Gasteiger partial charge in [-0.2, -0.15) is 0 Å². The van der Waals surface area contributed by atoms with Crippen LogP contribution in [0, 0.1) is 5.41 Å². The van der Waals surface area contributed by atoms with Gasteiger partial charge in [0.2, 0.25) is 0 Å². The lowest BCUT2D eigenvalue weighted by Crippen LogP contribution is -2.44. The summed E-state index contributed by atoms with van der Waals surface area (Å²) in [6.45, 7) is 1.17. The van der Waals surface area contributed by atoms with Crippen molar-refractivity contribution in [3.05, 3.63) is 29.3 Å². The molecule has 2 N–H and O–H groups in total. The number of carbonyl (C=O) groups excluding carboxylic acids is 1. The van der Waals surface area contributed by atoms with E-state index < -0.39 is 0 Å². The van der Waals surface area contributed by atoms with Gasteiger partial charge in [0.05, 0.1) is 12.2 Å². The smallest absolute Gasteiger partial charge is 0.173 e. The molecule has 0 atom stereocenters. The van der Waals surface area contributed by atoms with Crippen LogP contribution < -0.4 is 10.5 Å². The van der Waals surface area contributed by atoms with E-state index in [0.29, 0.717) is 13.2 Å². The van der Waals surface area contributed by atoms with E-state index in [4.69, 9.17) is 10.5 Å². The quantitative estimate of drug-likeness (QED) is 0.831. The molecule has 1 heterocycles. The van der Waals surface area contributed by atoms with Crippen LogP contribution in [0.2, 0.25) is 0 Å².